The predicted molar refractivity (Wildman–Crippen MR) is 35.7 cm³/mol. The Hall–Kier alpha value is 1.39. The summed E-state index contributed by atoms with van der Waals surface area (Å²) in [7, 11) is -4.67. The Morgan fingerprint density at radius 1 is 1.00 bits per heavy atom. The van der Waals surface area contributed by atoms with Crippen molar-refractivity contribution in [3.8, 4) is 0 Å². The number of rotatable bonds is 0. The third kappa shape index (κ3) is 266. The average Bonchev–Trinajstić information content (AvgIpc) is 0.722. The predicted octanol–water partition coefficient (Wildman–Crippen LogP) is -3.60. The molecule has 6 N–H and O–H groups in total. The molecule has 0 saturated carbocycles. The number of hydrogen-bond acceptors (Lipinski definition) is 2. The molecule has 52 valence electrons. The van der Waals surface area contributed by atoms with Crippen LogP contribution in [-0.4, -0.2) is 76.9 Å². The molecule has 0 spiro atoms. The molecule has 0 unspecified atom stereocenters. The zero-order valence-corrected chi connectivity index (χ0v) is 3.94. The molecule has 0 aliphatic rings. The Balaban J connectivity index is -0.0000000133. The fourth-order valence-corrected chi connectivity index (χ4v) is 0. The van der Waals surface area contributed by atoms with E-state index in [1.165, 1.54) is 0 Å². The first-order valence-electron chi connectivity index (χ1n) is 0.698. The van der Waals surface area contributed by atoms with Gasteiger partial charge in [0.1, 0.15) is 0 Å². The monoisotopic (exact) mass is 166 g/mol. The molecule has 0 aromatic rings. The molecule has 0 aromatic heterocycles. The molecule has 9 heavy (non-hydrogen) atoms. The van der Waals surface area contributed by atoms with Gasteiger partial charge in [0.15, 0.2) is 0 Å². The van der Waals surface area contributed by atoms with Crippen molar-refractivity contribution in [3.05, 3.63) is 0 Å². The van der Waals surface area contributed by atoms with Crippen molar-refractivity contribution in [2.45, 2.75) is 0 Å². The van der Waals surface area contributed by atoms with Crippen LogP contribution in [0.2, 0.25) is 0 Å². The first kappa shape index (κ1) is 31.5. The van der Waals surface area contributed by atoms with Gasteiger partial charge in [-0.15, -0.1) is 0 Å². The molecule has 9 heteroatoms. The van der Waals surface area contributed by atoms with Crippen molar-refractivity contribution in [2.75, 3.05) is 0 Å². The summed E-state index contributed by atoms with van der Waals surface area (Å²) < 4.78 is 31.6. The molecular formula is H8LiNaO6S. The van der Waals surface area contributed by atoms with Gasteiger partial charge >= 0.3 is 58.8 Å². The van der Waals surface area contributed by atoms with E-state index in [4.69, 9.17) is 17.5 Å². The summed E-state index contributed by atoms with van der Waals surface area (Å²) >= 11 is 0. The molecule has 6 nitrogen and oxygen atoms in total. The molecule has 0 bridgehead atoms. The summed E-state index contributed by atoms with van der Waals surface area (Å²) in [6.07, 6.45) is 0. The molecule has 0 radical (unpaired) electrons. The fourth-order valence-electron chi connectivity index (χ4n) is 0. The zero-order chi connectivity index (χ0) is 4.50. The van der Waals surface area contributed by atoms with E-state index >= 15 is 0 Å². The van der Waals surface area contributed by atoms with Crippen LogP contribution < -0.4 is 0 Å². The van der Waals surface area contributed by atoms with Crippen molar-refractivity contribution in [2.24, 2.45) is 0 Å². The van der Waals surface area contributed by atoms with Gasteiger partial charge < -0.3 is 11.0 Å². The Morgan fingerprint density at radius 3 is 1.00 bits per heavy atom. The van der Waals surface area contributed by atoms with Gasteiger partial charge in [0.25, 0.3) is 0 Å². The fraction of sp³-hybridized carbons (Fsp3) is 0. The van der Waals surface area contributed by atoms with Gasteiger partial charge in [0.2, 0.25) is 0 Å². The van der Waals surface area contributed by atoms with E-state index in [0.29, 0.717) is 0 Å². The molecule has 0 fully saturated rings. The Bertz CT molecular complexity index is 96.2. The van der Waals surface area contributed by atoms with Gasteiger partial charge in [-0.2, -0.15) is 8.42 Å². The molecule has 0 heterocycles. The van der Waals surface area contributed by atoms with Gasteiger partial charge in [-0.1, -0.05) is 0 Å². The number of hydrogen-bond donors (Lipinski definition) is 2. The van der Waals surface area contributed by atoms with E-state index in [-0.39, 0.29) is 59.4 Å². The van der Waals surface area contributed by atoms with Gasteiger partial charge in [0, 0.05) is 0 Å². The van der Waals surface area contributed by atoms with Gasteiger partial charge in [0.05, 0.1) is 0 Å². The van der Waals surface area contributed by atoms with Crippen LogP contribution in [0.5, 0.6) is 0 Å². The van der Waals surface area contributed by atoms with Crippen molar-refractivity contribution in [1.29, 1.82) is 0 Å². The average molecular weight is 166 g/mol. The standard InChI is InChI=1S/Li.Na.H2O4S.2H2O.2H/c;;1-5(2,3)4;;;;/h;;(H2,1,2,3,4);2*1H2;;. The maximum atomic E-state index is 8.74. The van der Waals surface area contributed by atoms with Crippen LogP contribution in [0.3, 0.4) is 0 Å². The summed E-state index contributed by atoms with van der Waals surface area (Å²) in [5.74, 6) is 0. The quantitative estimate of drug-likeness (QED) is 0.283. The van der Waals surface area contributed by atoms with E-state index < -0.39 is 10.4 Å². The molecule has 0 saturated heterocycles. The second kappa shape index (κ2) is 12.1. The van der Waals surface area contributed by atoms with E-state index in [0.717, 1.165) is 0 Å². The molecule has 0 aliphatic heterocycles. The Kier molecular flexibility index (Phi) is 42.4. The van der Waals surface area contributed by atoms with E-state index in [1.54, 1.807) is 0 Å². The van der Waals surface area contributed by atoms with Crippen LogP contribution >= 0.6 is 0 Å². The third-order valence-corrected chi connectivity index (χ3v) is 0. The van der Waals surface area contributed by atoms with E-state index in [2.05, 4.69) is 0 Å². The minimum absolute atomic E-state index is 0. The summed E-state index contributed by atoms with van der Waals surface area (Å²) in [5.41, 5.74) is 0. The molecular weight excluding hydrogens is 158 g/mol. The van der Waals surface area contributed by atoms with Crippen LogP contribution in [-0.2, 0) is 10.4 Å². The van der Waals surface area contributed by atoms with Crippen LogP contribution in [0, 0.1) is 0 Å². The summed E-state index contributed by atoms with van der Waals surface area (Å²) in [6, 6.07) is 0. The van der Waals surface area contributed by atoms with Crippen molar-refractivity contribution in [1.82, 2.24) is 0 Å². The van der Waals surface area contributed by atoms with Gasteiger partial charge in [-0.05, 0) is 0 Å². The molecule has 0 amide bonds. The molecule has 0 rings (SSSR count). The first-order valence-corrected chi connectivity index (χ1v) is 2.10. The molecule has 0 atom stereocenters. The zero-order valence-electron chi connectivity index (χ0n) is 3.12. The molecule has 0 aliphatic carbocycles. The minimum atomic E-state index is -4.67. The maximum absolute atomic E-state index is 8.74. The normalized spacial score (nSPS) is 6.44. The second-order valence-electron chi connectivity index (χ2n) is 0.448. The molecule has 0 aromatic carbocycles. The summed E-state index contributed by atoms with van der Waals surface area (Å²) in [5, 5.41) is 0. The SMILES string of the molecule is O.O.O=S(=O)(O)O.[LiH].[NaH]. The van der Waals surface area contributed by atoms with Gasteiger partial charge in [-0.3, -0.25) is 9.11 Å². The van der Waals surface area contributed by atoms with Crippen molar-refractivity contribution < 1.29 is 28.5 Å². The second-order valence-corrected chi connectivity index (χ2v) is 1.34. The van der Waals surface area contributed by atoms with E-state index in [1.807, 2.05) is 0 Å². The van der Waals surface area contributed by atoms with Crippen LogP contribution in [0.15, 0.2) is 0 Å². The Labute approximate surface area is 86.7 Å². The van der Waals surface area contributed by atoms with Crippen LogP contribution in [0.1, 0.15) is 0 Å². The van der Waals surface area contributed by atoms with Crippen molar-refractivity contribution >= 4 is 58.8 Å². The summed E-state index contributed by atoms with van der Waals surface area (Å²) in [6.45, 7) is 0. The van der Waals surface area contributed by atoms with Crippen molar-refractivity contribution in [3.63, 3.8) is 0 Å². The Morgan fingerprint density at radius 2 is 1.00 bits per heavy atom. The van der Waals surface area contributed by atoms with E-state index in [9.17, 15) is 0 Å². The first-order chi connectivity index (χ1) is 2.00. The topological polar surface area (TPSA) is 138 Å². The summed E-state index contributed by atoms with van der Waals surface area (Å²) in [4.78, 5) is 0. The van der Waals surface area contributed by atoms with Gasteiger partial charge in [-0.25, -0.2) is 0 Å². The van der Waals surface area contributed by atoms with Crippen LogP contribution in [0.25, 0.3) is 0 Å². The van der Waals surface area contributed by atoms with Crippen LogP contribution in [0.4, 0.5) is 0 Å². The third-order valence-electron chi connectivity index (χ3n) is 0.